The molecule has 4 heterocycles. The lowest BCUT2D eigenvalue weighted by Crippen LogP contribution is -2.23. The molecule has 34 heavy (non-hydrogen) atoms. The first-order chi connectivity index (χ1) is 16.3. The SMILES string of the molecule is Cc1cc([C@@H](C)Nc2ccc(C)nc2C(=O)O)c2nc(N3Cc4ccccc4C3)cc(=O)n2c1. The second-order valence-electron chi connectivity index (χ2n) is 8.76. The molecule has 0 unspecified atom stereocenters. The number of aromatic carboxylic acids is 1. The largest absolute Gasteiger partial charge is 0.476 e. The van der Waals surface area contributed by atoms with Crippen LogP contribution in [-0.4, -0.2) is 25.4 Å². The molecule has 0 amide bonds. The molecule has 8 nitrogen and oxygen atoms in total. The van der Waals surface area contributed by atoms with Gasteiger partial charge in [0.25, 0.3) is 5.56 Å². The smallest absolute Gasteiger partial charge is 0.356 e. The number of benzene rings is 1. The molecule has 1 aromatic carbocycles. The third-order valence-electron chi connectivity index (χ3n) is 6.15. The maximum atomic E-state index is 13.1. The van der Waals surface area contributed by atoms with Crippen LogP contribution in [0.2, 0.25) is 0 Å². The Bertz CT molecular complexity index is 1470. The van der Waals surface area contributed by atoms with Crippen molar-refractivity contribution in [1.82, 2.24) is 14.4 Å². The van der Waals surface area contributed by atoms with Gasteiger partial charge in [0.1, 0.15) is 11.5 Å². The van der Waals surface area contributed by atoms with Crippen LogP contribution in [0.4, 0.5) is 11.5 Å². The Balaban J connectivity index is 1.56. The fourth-order valence-corrected chi connectivity index (χ4v) is 4.48. The van der Waals surface area contributed by atoms with E-state index < -0.39 is 5.97 Å². The van der Waals surface area contributed by atoms with Crippen LogP contribution in [0.3, 0.4) is 0 Å². The molecule has 5 rings (SSSR count). The van der Waals surface area contributed by atoms with Gasteiger partial charge in [0.05, 0.1) is 11.7 Å². The van der Waals surface area contributed by atoms with Crippen molar-refractivity contribution in [3.63, 3.8) is 0 Å². The Morgan fingerprint density at radius 1 is 1.06 bits per heavy atom. The molecule has 0 saturated carbocycles. The molecule has 172 valence electrons. The summed E-state index contributed by atoms with van der Waals surface area (Å²) in [6.07, 6.45) is 1.78. The van der Waals surface area contributed by atoms with Crippen LogP contribution in [0, 0.1) is 13.8 Å². The molecule has 0 aliphatic carbocycles. The molecule has 0 fully saturated rings. The summed E-state index contributed by atoms with van der Waals surface area (Å²) >= 11 is 0. The first-order valence-corrected chi connectivity index (χ1v) is 11.1. The zero-order valence-electron chi connectivity index (χ0n) is 19.2. The Morgan fingerprint density at radius 2 is 1.76 bits per heavy atom. The summed E-state index contributed by atoms with van der Waals surface area (Å²) in [6, 6.07) is 14.9. The van der Waals surface area contributed by atoms with E-state index in [4.69, 9.17) is 4.98 Å². The average molecular weight is 456 g/mol. The lowest BCUT2D eigenvalue weighted by Gasteiger charge is -2.21. The van der Waals surface area contributed by atoms with Gasteiger partial charge in [-0.05, 0) is 55.7 Å². The second kappa shape index (κ2) is 8.30. The quantitative estimate of drug-likeness (QED) is 0.467. The summed E-state index contributed by atoms with van der Waals surface area (Å²) in [7, 11) is 0. The standard InChI is InChI=1S/C26H25N5O3/c1-15-10-20(17(3)28-21-9-8-16(2)27-24(21)26(33)34)25-29-22(11-23(32)31(25)12-15)30-13-18-6-4-5-7-19(18)14-30/h4-12,17,28H,13-14H2,1-3H3,(H,33,34)/t17-/m1/s1. The molecule has 8 heteroatoms. The van der Waals surface area contributed by atoms with Gasteiger partial charge in [-0.2, -0.15) is 0 Å². The maximum Gasteiger partial charge on any atom is 0.356 e. The highest BCUT2D eigenvalue weighted by Crippen LogP contribution is 2.29. The molecule has 0 bridgehead atoms. The predicted molar refractivity (Wildman–Crippen MR) is 130 cm³/mol. The van der Waals surface area contributed by atoms with Crippen molar-refractivity contribution in [3.05, 3.63) is 98.7 Å². The van der Waals surface area contributed by atoms with Crippen LogP contribution in [0.1, 0.15) is 51.4 Å². The number of aromatic nitrogens is 3. The number of carbonyl (C=O) groups is 1. The highest BCUT2D eigenvalue weighted by molar-refractivity contribution is 5.92. The number of carboxylic acid groups (broad SMARTS) is 1. The third-order valence-corrected chi connectivity index (χ3v) is 6.15. The van der Waals surface area contributed by atoms with Gasteiger partial charge >= 0.3 is 5.97 Å². The first-order valence-electron chi connectivity index (χ1n) is 11.1. The lowest BCUT2D eigenvalue weighted by molar-refractivity contribution is 0.0691. The fraction of sp³-hybridized carbons (Fsp3) is 0.231. The van der Waals surface area contributed by atoms with E-state index in [0.29, 0.717) is 35.9 Å². The van der Waals surface area contributed by atoms with Crippen molar-refractivity contribution in [2.45, 2.75) is 39.9 Å². The summed E-state index contributed by atoms with van der Waals surface area (Å²) in [6.45, 7) is 6.99. The zero-order chi connectivity index (χ0) is 24.0. The molecule has 0 radical (unpaired) electrons. The Morgan fingerprint density at radius 3 is 2.44 bits per heavy atom. The van der Waals surface area contributed by atoms with E-state index in [1.54, 1.807) is 35.7 Å². The first kappa shape index (κ1) is 21.6. The van der Waals surface area contributed by atoms with Gasteiger partial charge in [0, 0.05) is 36.6 Å². The van der Waals surface area contributed by atoms with E-state index in [1.165, 1.54) is 11.1 Å². The monoisotopic (exact) mass is 455 g/mol. The summed E-state index contributed by atoms with van der Waals surface area (Å²) in [5.74, 6) is -0.473. The van der Waals surface area contributed by atoms with E-state index in [-0.39, 0.29) is 17.3 Å². The van der Waals surface area contributed by atoms with Gasteiger partial charge in [-0.3, -0.25) is 9.20 Å². The minimum atomic E-state index is -1.10. The van der Waals surface area contributed by atoms with Gasteiger partial charge in [0.15, 0.2) is 5.69 Å². The summed E-state index contributed by atoms with van der Waals surface area (Å²) in [5.41, 5.74) is 5.56. The molecule has 1 atom stereocenters. The molecular weight excluding hydrogens is 430 g/mol. The van der Waals surface area contributed by atoms with E-state index >= 15 is 0 Å². The number of nitrogens with zero attached hydrogens (tertiary/aromatic N) is 4. The number of anilines is 2. The predicted octanol–water partition coefficient (Wildman–Crippen LogP) is 4.10. The third kappa shape index (κ3) is 3.87. The Labute approximate surface area is 196 Å². The molecule has 0 saturated heterocycles. The van der Waals surface area contributed by atoms with Gasteiger partial charge < -0.3 is 15.3 Å². The molecular formula is C26H25N5O3. The number of hydrogen-bond acceptors (Lipinski definition) is 6. The van der Waals surface area contributed by atoms with Crippen LogP contribution in [0.15, 0.2) is 59.5 Å². The van der Waals surface area contributed by atoms with Crippen LogP contribution < -0.4 is 15.8 Å². The lowest BCUT2D eigenvalue weighted by atomic mass is 10.1. The topological polar surface area (TPSA) is 99.8 Å². The van der Waals surface area contributed by atoms with Crippen molar-refractivity contribution in [2.75, 3.05) is 10.2 Å². The zero-order valence-corrected chi connectivity index (χ0v) is 19.2. The van der Waals surface area contributed by atoms with Crippen LogP contribution in [-0.2, 0) is 13.1 Å². The van der Waals surface area contributed by atoms with Crippen molar-refractivity contribution in [1.29, 1.82) is 0 Å². The Hall–Kier alpha value is -4.20. The van der Waals surface area contributed by atoms with Crippen molar-refractivity contribution >= 4 is 23.1 Å². The number of hydrogen-bond donors (Lipinski definition) is 2. The van der Waals surface area contributed by atoms with E-state index in [2.05, 4.69) is 27.3 Å². The number of pyridine rings is 2. The molecule has 1 aliphatic heterocycles. The van der Waals surface area contributed by atoms with E-state index in [0.717, 1.165) is 11.1 Å². The van der Waals surface area contributed by atoms with Crippen LogP contribution in [0.25, 0.3) is 5.65 Å². The molecule has 2 N–H and O–H groups in total. The minimum Gasteiger partial charge on any atom is -0.476 e. The number of carboxylic acids is 1. The molecule has 0 spiro atoms. The number of fused-ring (bicyclic) bond motifs is 2. The van der Waals surface area contributed by atoms with Crippen LogP contribution >= 0.6 is 0 Å². The summed E-state index contributed by atoms with van der Waals surface area (Å²) in [4.78, 5) is 36.0. The number of aryl methyl sites for hydroxylation is 2. The summed E-state index contributed by atoms with van der Waals surface area (Å²) < 4.78 is 1.56. The molecule has 3 aromatic heterocycles. The number of nitrogens with one attached hydrogen (secondary N) is 1. The van der Waals surface area contributed by atoms with Gasteiger partial charge in [0.2, 0.25) is 0 Å². The maximum absolute atomic E-state index is 13.1. The highest BCUT2D eigenvalue weighted by Gasteiger charge is 2.22. The van der Waals surface area contributed by atoms with E-state index in [1.807, 2.05) is 32.0 Å². The Kier molecular flexibility index (Phi) is 5.28. The molecule has 4 aromatic rings. The highest BCUT2D eigenvalue weighted by atomic mass is 16.4. The van der Waals surface area contributed by atoms with Crippen LogP contribution in [0.5, 0.6) is 0 Å². The van der Waals surface area contributed by atoms with Crippen molar-refractivity contribution in [3.8, 4) is 0 Å². The normalized spacial score (nSPS) is 13.7. The molecule has 1 aliphatic rings. The van der Waals surface area contributed by atoms with Crippen molar-refractivity contribution < 1.29 is 9.90 Å². The second-order valence-corrected chi connectivity index (χ2v) is 8.76. The summed E-state index contributed by atoms with van der Waals surface area (Å²) in [5, 5.41) is 12.9. The van der Waals surface area contributed by atoms with Gasteiger partial charge in [-0.1, -0.05) is 24.3 Å². The average Bonchev–Trinajstić information content (AvgIpc) is 3.24. The number of rotatable bonds is 5. The van der Waals surface area contributed by atoms with Gasteiger partial charge in [-0.15, -0.1) is 0 Å². The van der Waals surface area contributed by atoms with E-state index in [9.17, 15) is 14.7 Å². The minimum absolute atomic E-state index is 0.0375. The van der Waals surface area contributed by atoms with Crippen molar-refractivity contribution in [2.24, 2.45) is 0 Å². The van der Waals surface area contributed by atoms with Gasteiger partial charge in [-0.25, -0.2) is 14.8 Å². The fourth-order valence-electron chi connectivity index (χ4n) is 4.48.